The molecule has 11 heavy (non-hydrogen) atoms. The van der Waals surface area contributed by atoms with Crippen molar-refractivity contribution in [2.75, 3.05) is 13.2 Å². The molecule has 0 fully saturated rings. The number of rotatable bonds is 5. The molecule has 60 valence electrons. The number of hydrogen-bond acceptors (Lipinski definition) is 3. The van der Waals surface area contributed by atoms with Crippen molar-refractivity contribution in [1.29, 1.82) is 0 Å². The van der Waals surface area contributed by atoms with Gasteiger partial charge in [-0.25, -0.2) is 4.98 Å². The van der Waals surface area contributed by atoms with E-state index in [2.05, 4.69) is 16.5 Å². The van der Waals surface area contributed by atoms with Crippen LogP contribution in [-0.2, 0) is 4.74 Å². The van der Waals surface area contributed by atoms with E-state index in [4.69, 9.17) is 9.47 Å². The number of aromatic amines is 1. The summed E-state index contributed by atoms with van der Waals surface area (Å²) in [7, 11) is 0. The Balaban J connectivity index is 2.09. The molecule has 0 saturated heterocycles. The van der Waals surface area contributed by atoms with E-state index in [1.807, 2.05) is 0 Å². The lowest BCUT2D eigenvalue weighted by Crippen LogP contribution is -2.04. The molecule has 0 amide bonds. The van der Waals surface area contributed by atoms with Gasteiger partial charge < -0.3 is 14.5 Å². The maximum Gasteiger partial charge on any atom is 0.293 e. The summed E-state index contributed by atoms with van der Waals surface area (Å²) in [6.07, 6.45) is 4.71. The second kappa shape index (κ2) is 4.38. The van der Waals surface area contributed by atoms with Crippen LogP contribution in [0, 0.1) is 0 Å². The van der Waals surface area contributed by atoms with Crippen molar-refractivity contribution >= 4 is 0 Å². The first kappa shape index (κ1) is 7.65. The Labute approximate surface area is 64.9 Å². The van der Waals surface area contributed by atoms with Crippen molar-refractivity contribution in [3.8, 4) is 6.01 Å². The zero-order chi connectivity index (χ0) is 7.94. The first-order valence-electron chi connectivity index (χ1n) is 3.28. The summed E-state index contributed by atoms with van der Waals surface area (Å²) < 4.78 is 9.94. The molecule has 0 aliphatic carbocycles. The number of ether oxygens (including phenoxy) is 2. The van der Waals surface area contributed by atoms with E-state index >= 15 is 0 Å². The van der Waals surface area contributed by atoms with Crippen LogP contribution in [0.4, 0.5) is 0 Å². The first-order valence-corrected chi connectivity index (χ1v) is 3.28. The fourth-order valence-electron chi connectivity index (χ4n) is 0.600. The molecule has 0 atom stereocenters. The molecule has 1 aromatic heterocycles. The Morgan fingerprint density at radius 1 is 1.64 bits per heavy atom. The number of imidazole rings is 1. The maximum absolute atomic E-state index is 5.11. The van der Waals surface area contributed by atoms with Gasteiger partial charge in [0, 0.05) is 12.4 Å². The van der Waals surface area contributed by atoms with Gasteiger partial charge in [-0.3, -0.25) is 0 Å². The molecule has 0 spiro atoms. The monoisotopic (exact) mass is 154 g/mol. The third-order valence-corrected chi connectivity index (χ3v) is 1.03. The first-order chi connectivity index (χ1) is 5.43. The van der Waals surface area contributed by atoms with Gasteiger partial charge in [0.15, 0.2) is 0 Å². The minimum absolute atomic E-state index is 0.472. The van der Waals surface area contributed by atoms with E-state index in [-0.39, 0.29) is 0 Å². The van der Waals surface area contributed by atoms with Crippen LogP contribution in [0.3, 0.4) is 0 Å². The predicted molar refractivity (Wildman–Crippen MR) is 40.2 cm³/mol. The topological polar surface area (TPSA) is 47.1 Å². The highest BCUT2D eigenvalue weighted by molar-refractivity contribution is 4.91. The molecule has 0 saturated carbocycles. The van der Waals surface area contributed by atoms with Crippen molar-refractivity contribution < 1.29 is 9.47 Å². The van der Waals surface area contributed by atoms with Crippen LogP contribution in [0.1, 0.15) is 0 Å². The van der Waals surface area contributed by atoms with Crippen molar-refractivity contribution in [2.24, 2.45) is 0 Å². The largest absolute Gasteiger partial charge is 0.498 e. The van der Waals surface area contributed by atoms with Gasteiger partial charge in [0.05, 0.1) is 6.26 Å². The smallest absolute Gasteiger partial charge is 0.293 e. The van der Waals surface area contributed by atoms with E-state index < -0.39 is 0 Å². The Bertz CT molecular complexity index is 196. The van der Waals surface area contributed by atoms with E-state index in [9.17, 15) is 0 Å². The fraction of sp³-hybridized carbons (Fsp3) is 0.286. The minimum Gasteiger partial charge on any atom is -0.498 e. The predicted octanol–water partition coefficient (Wildman–Crippen LogP) is 0.949. The van der Waals surface area contributed by atoms with Crippen LogP contribution in [-0.4, -0.2) is 23.2 Å². The molecule has 1 N–H and O–H groups in total. The molecule has 0 aliphatic heterocycles. The lowest BCUT2D eigenvalue weighted by Gasteiger charge is -2.00. The van der Waals surface area contributed by atoms with Crippen LogP contribution >= 0.6 is 0 Å². The summed E-state index contributed by atoms with van der Waals surface area (Å²) in [4.78, 5) is 6.65. The van der Waals surface area contributed by atoms with Gasteiger partial charge in [-0.05, 0) is 0 Å². The Morgan fingerprint density at radius 2 is 2.55 bits per heavy atom. The second-order valence-electron chi connectivity index (χ2n) is 1.78. The van der Waals surface area contributed by atoms with Gasteiger partial charge in [0.1, 0.15) is 13.2 Å². The van der Waals surface area contributed by atoms with Crippen LogP contribution in [0.25, 0.3) is 0 Å². The maximum atomic E-state index is 5.11. The summed E-state index contributed by atoms with van der Waals surface area (Å²) in [5.74, 6) is 0. The lowest BCUT2D eigenvalue weighted by molar-refractivity contribution is 0.173. The third-order valence-electron chi connectivity index (χ3n) is 1.03. The van der Waals surface area contributed by atoms with Gasteiger partial charge in [-0.2, -0.15) is 0 Å². The van der Waals surface area contributed by atoms with E-state index in [0.717, 1.165) is 0 Å². The molecule has 0 aromatic carbocycles. The van der Waals surface area contributed by atoms with Crippen LogP contribution in [0.5, 0.6) is 6.01 Å². The summed E-state index contributed by atoms with van der Waals surface area (Å²) in [5, 5.41) is 0. The quantitative estimate of drug-likeness (QED) is 0.507. The normalized spacial score (nSPS) is 9.09. The minimum atomic E-state index is 0.472. The molecule has 0 aliphatic rings. The zero-order valence-corrected chi connectivity index (χ0v) is 6.12. The SMILES string of the molecule is C=COCCOc1ncc[nH]1. The molecule has 4 nitrogen and oxygen atoms in total. The van der Waals surface area contributed by atoms with Crippen LogP contribution in [0.15, 0.2) is 25.2 Å². The van der Waals surface area contributed by atoms with Gasteiger partial charge in [0.2, 0.25) is 0 Å². The van der Waals surface area contributed by atoms with Crippen molar-refractivity contribution in [3.63, 3.8) is 0 Å². The molecule has 4 heteroatoms. The zero-order valence-electron chi connectivity index (χ0n) is 6.12. The molecule has 1 aromatic rings. The summed E-state index contributed by atoms with van der Waals surface area (Å²) in [5.41, 5.74) is 0. The fourth-order valence-corrected chi connectivity index (χ4v) is 0.600. The average molecular weight is 154 g/mol. The molecule has 0 bridgehead atoms. The summed E-state index contributed by atoms with van der Waals surface area (Å²) in [6.45, 7) is 4.36. The number of aromatic nitrogens is 2. The van der Waals surface area contributed by atoms with E-state index in [1.165, 1.54) is 6.26 Å². The number of hydrogen-bond donors (Lipinski definition) is 1. The molecular formula is C7H10N2O2. The highest BCUT2D eigenvalue weighted by atomic mass is 16.5. The van der Waals surface area contributed by atoms with Gasteiger partial charge in [-0.1, -0.05) is 6.58 Å². The Kier molecular flexibility index (Phi) is 3.05. The molecule has 0 radical (unpaired) electrons. The Morgan fingerprint density at radius 3 is 3.18 bits per heavy atom. The summed E-state index contributed by atoms with van der Waals surface area (Å²) in [6, 6.07) is 0.512. The van der Waals surface area contributed by atoms with Crippen molar-refractivity contribution in [2.45, 2.75) is 0 Å². The molecule has 1 rings (SSSR count). The van der Waals surface area contributed by atoms with Gasteiger partial charge in [-0.15, -0.1) is 0 Å². The van der Waals surface area contributed by atoms with Crippen molar-refractivity contribution in [3.05, 3.63) is 25.2 Å². The molecule has 1 heterocycles. The highest BCUT2D eigenvalue weighted by Gasteiger charge is 1.92. The second-order valence-corrected chi connectivity index (χ2v) is 1.78. The lowest BCUT2D eigenvalue weighted by atomic mass is 10.8. The molecular weight excluding hydrogens is 144 g/mol. The van der Waals surface area contributed by atoms with E-state index in [1.54, 1.807) is 12.4 Å². The van der Waals surface area contributed by atoms with Crippen molar-refractivity contribution in [1.82, 2.24) is 9.97 Å². The van der Waals surface area contributed by atoms with E-state index in [0.29, 0.717) is 19.2 Å². The average Bonchev–Trinajstić information content (AvgIpc) is 2.50. The standard InChI is InChI=1S/C7H10N2O2/c1-2-10-5-6-11-7-8-3-4-9-7/h2-4H,1,5-6H2,(H,8,9). The van der Waals surface area contributed by atoms with Crippen LogP contribution < -0.4 is 4.74 Å². The number of H-pyrrole nitrogens is 1. The van der Waals surface area contributed by atoms with Gasteiger partial charge in [0.25, 0.3) is 6.01 Å². The highest BCUT2D eigenvalue weighted by Crippen LogP contribution is 1.97. The van der Waals surface area contributed by atoms with Gasteiger partial charge >= 0.3 is 0 Å². The Hall–Kier alpha value is -1.45. The summed E-state index contributed by atoms with van der Waals surface area (Å²) >= 11 is 0. The third kappa shape index (κ3) is 2.75. The number of nitrogens with one attached hydrogen (secondary N) is 1. The molecule has 0 unspecified atom stereocenters. The number of nitrogens with zero attached hydrogens (tertiary/aromatic N) is 1. The van der Waals surface area contributed by atoms with Crippen LogP contribution in [0.2, 0.25) is 0 Å².